The summed E-state index contributed by atoms with van der Waals surface area (Å²) in [6.07, 6.45) is 2.66. The number of methoxy groups -OCH3 is 2. The highest BCUT2D eigenvalue weighted by atomic mass is 16.7. The van der Waals surface area contributed by atoms with E-state index in [2.05, 4.69) is 4.98 Å². The first-order chi connectivity index (χ1) is 15.0. The number of carbonyl (C=O) groups excluding carboxylic acids is 1. The van der Waals surface area contributed by atoms with Gasteiger partial charge in [-0.15, -0.1) is 0 Å². The highest BCUT2D eigenvalue weighted by molar-refractivity contribution is 6.33. The largest absolute Gasteiger partial charge is 0.497 e. The van der Waals surface area contributed by atoms with Gasteiger partial charge in [-0.25, -0.2) is 0 Å². The monoisotopic (exact) mass is 420 g/mol. The Morgan fingerprint density at radius 2 is 2.00 bits per heavy atom. The molecule has 0 fully saturated rings. The molecule has 0 atom stereocenters. The number of nitrogens with one attached hydrogen (secondary N) is 1. The van der Waals surface area contributed by atoms with Gasteiger partial charge in [-0.2, -0.15) is 0 Å². The van der Waals surface area contributed by atoms with Crippen LogP contribution in [0.15, 0.2) is 30.5 Å². The second-order valence-electron chi connectivity index (χ2n) is 7.82. The van der Waals surface area contributed by atoms with Crippen molar-refractivity contribution in [2.24, 2.45) is 0 Å². The second-order valence-corrected chi connectivity index (χ2v) is 7.82. The van der Waals surface area contributed by atoms with E-state index >= 15 is 0 Å². The minimum atomic E-state index is -0.0795. The summed E-state index contributed by atoms with van der Waals surface area (Å²) in [7, 11) is 5.18. The van der Waals surface area contributed by atoms with Crippen LogP contribution >= 0.6 is 0 Å². The number of ketones is 1. The summed E-state index contributed by atoms with van der Waals surface area (Å²) in [5, 5.41) is 0.830. The van der Waals surface area contributed by atoms with Crippen molar-refractivity contribution < 1.29 is 23.7 Å². The van der Waals surface area contributed by atoms with E-state index in [-0.39, 0.29) is 12.6 Å². The molecule has 2 aliphatic rings. The van der Waals surface area contributed by atoms with Gasteiger partial charge in [0.25, 0.3) is 0 Å². The third kappa shape index (κ3) is 3.00. The molecule has 31 heavy (non-hydrogen) atoms. The van der Waals surface area contributed by atoms with E-state index in [0.717, 1.165) is 40.7 Å². The standard InChI is InChI=1S/C24H24N2O5/c1-13-20(16-10-15(28-3)5-6-18(16)25-13)22(27)17-11-26(2)8-7-14-9-19-23(31-12-30-19)24(29-4)21(14)17/h5-6,9-11,25H,7-8,12H2,1-4H3. The van der Waals surface area contributed by atoms with E-state index in [1.165, 1.54) is 0 Å². The Bertz CT molecular complexity index is 1240. The van der Waals surface area contributed by atoms with Crippen molar-refractivity contribution >= 4 is 22.3 Å². The Labute approximate surface area is 180 Å². The Balaban J connectivity index is 1.74. The van der Waals surface area contributed by atoms with Gasteiger partial charge in [-0.3, -0.25) is 4.79 Å². The molecule has 2 aromatic carbocycles. The molecule has 5 rings (SSSR count). The van der Waals surface area contributed by atoms with E-state index < -0.39 is 0 Å². The van der Waals surface area contributed by atoms with Crippen molar-refractivity contribution in [1.29, 1.82) is 0 Å². The molecule has 0 unspecified atom stereocenters. The van der Waals surface area contributed by atoms with E-state index in [9.17, 15) is 4.79 Å². The van der Waals surface area contributed by atoms with Crippen LogP contribution in [0.3, 0.4) is 0 Å². The molecule has 3 aromatic rings. The third-order valence-electron chi connectivity index (χ3n) is 5.92. The molecule has 3 heterocycles. The van der Waals surface area contributed by atoms with Crippen molar-refractivity contribution in [2.75, 3.05) is 34.6 Å². The van der Waals surface area contributed by atoms with Crippen LogP contribution in [0, 0.1) is 6.92 Å². The van der Waals surface area contributed by atoms with Gasteiger partial charge in [-0.05, 0) is 43.2 Å². The second kappa shape index (κ2) is 7.27. The Morgan fingerprint density at radius 3 is 2.77 bits per heavy atom. The number of aromatic amines is 1. The summed E-state index contributed by atoms with van der Waals surface area (Å²) in [6, 6.07) is 7.67. The quantitative estimate of drug-likeness (QED) is 0.645. The highest BCUT2D eigenvalue weighted by Crippen LogP contribution is 2.49. The zero-order chi connectivity index (χ0) is 21.7. The Kier molecular flexibility index (Phi) is 4.54. The number of H-pyrrole nitrogens is 1. The molecule has 0 radical (unpaired) electrons. The smallest absolute Gasteiger partial charge is 0.231 e. The fraction of sp³-hybridized carbons (Fsp3) is 0.292. The number of benzene rings is 2. The van der Waals surface area contributed by atoms with E-state index in [1.54, 1.807) is 14.2 Å². The predicted molar refractivity (Wildman–Crippen MR) is 117 cm³/mol. The minimum absolute atomic E-state index is 0.0795. The van der Waals surface area contributed by atoms with Gasteiger partial charge in [0, 0.05) is 47.5 Å². The van der Waals surface area contributed by atoms with Gasteiger partial charge in [-0.1, -0.05) is 0 Å². The summed E-state index contributed by atoms with van der Waals surface area (Å²) in [6.45, 7) is 2.83. The molecular weight excluding hydrogens is 396 g/mol. The molecule has 0 spiro atoms. The molecule has 0 aliphatic carbocycles. The van der Waals surface area contributed by atoms with Gasteiger partial charge in [0.2, 0.25) is 12.5 Å². The number of likely N-dealkylation sites (N-methyl/N-ethyl adjacent to an activating group) is 1. The topological polar surface area (TPSA) is 73.0 Å². The summed E-state index contributed by atoms with van der Waals surface area (Å²) >= 11 is 0. The lowest BCUT2D eigenvalue weighted by Crippen LogP contribution is -2.14. The number of nitrogens with zero attached hydrogens (tertiary/aromatic N) is 1. The average molecular weight is 420 g/mol. The number of aromatic nitrogens is 1. The van der Waals surface area contributed by atoms with Crippen molar-refractivity contribution in [3.63, 3.8) is 0 Å². The average Bonchev–Trinajstić information content (AvgIpc) is 3.32. The van der Waals surface area contributed by atoms with Gasteiger partial charge in [0.1, 0.15) is 5.75 Å². The SMILES string of the molecule is COc1ccc2[nH]c(C)c(C(=O)C3=CN(C)CCc4cc5c(c(OC)c43)OCO5)c2c1. The minimum Gasteiger partial charge on any atom is -0.497 e. The Hall–Kier alpha value is -3.61. The molecule has 1 aromatic heterocycles. The molecule has 7 heteroatoms. The molecule has 0 bridgehead atoms. The maximum atomic E-state index is 14.0. The lowest BCUT2D eigenvalue weighted by atomic mass is 9.90. The number of rotatable bonds is 4. The molecule has 7 nitrogen and oxygen atoms in total. The summed E-state index contributed by atoms with van der Waals surface area (Å²) in [5.41, 5.74) is 4.65. The molecule has 0 saturated heterocycles. The third-order valence-corrected chi connectivity index (χ3v) is 5.92. The zero-order valence-corrected chi connectivity index (χ0v) is 18.0. The van der Waals surface area contributed by atoms with Crippen LogP contribution in [0.2, 0.25) is 0 Å². The van der Waals surface area contributed by atoms with Gasteiger partial charge in [0.15, 0.2) is 17.3 Å². The normalized spacial score (nSPS) is 14.8. The summed E-state index contributed by atoms with van der Waals surface area (Å²) in [5.74, 6) is 2.36. The van der Waals surface area contributed by atoms with Crippen LogP contribution < -0.4 is 18.9 Å². The van der Waals surface area contributed by atoms with Gasteiger partial charge in [0.05, 0.1) is 19.8 Å². The fourth-order valence-electron chi connectivity index (χ4n) is 4.43. The maximum Gasteiger partial charge on any atom is 0.231 e. The molecule has 160 valence electrons. The van der Waals surface area contributed by atoms with Crippen LogP contribution in [0.5, 0.6) is 23.0 Å². The predicted octanol–water partition coefficient (Wildman–Crippen LogP) is 3.93. The first-order valence-corrected chi connectivity index (χ1v) is 10.1. The van der Waals surface area contributed by atoms with Crippen LogP contribution in [0.25, 0.3) is 16.5 Å². The zero-order valence-electron chi connectivity index (χ0n) is 18.0. The molecule has 0 amide bonds. The molecular formula is C24H24N2O5. The lowest BCUT2D eigenvalue weighted by Gasteiger charge is -2.16. The summed E-state index contributed by atoms with van der Waals surface area (Å²) in [4.78, 5) is 19.4. The molecule has 1 N–H and O–H groups in total. The molecule has 2 aliphatic heterocycles. The number of hydrogen-bond acceptors (Lipinski definition) is 6. The number of ether oxygens (including phenoxy) is 4. The van der Waals surface area contributed by atoms with Crippen LogP contribution in [-0.4, -0.2) is 50.3 Å². The van der Waals surface area contributed by atoms with Crippen LogP contribution in [0.4, 0.5) is 0 Å². The van der Waals surface area contributed by atoms with Crippen molar-refractivity contribution in [2.45, 2.75) is 13.3 Å². The van der Waals surface area contributed by atoms with E-state index in [1.807, 2.05) is 49.3 Å². The number of allylic oxidation sites excluding steroid dienone is 1. The number of aryl methyl sites for hydroxylation is 1. The van der Waals surface area contributed by atoms with Crippen molar-refractivity contribution in [3.05, 3.63) is 52.8 Å². The number of carbonyl (C=O) groups is 1. The Morgan fingerprint density at radius 1 is 1.16 bits per heavy atom. The van der Waals surface area contributed by atoms with Crippen LogP contribution in [-0.2, 0) is 6.42 Å². The maximum absolute atomic E-state index is 14.0. The van der Waals surface area contributed by atoms with Crippen molar-refractivity contribution in [3.8, 4) is 23.0 Å². The van der Waals surface area contributed by atoms with Crippen LogP contribution in [0.1, 0.15) is 27.2 Å². The lowest BCUT2D eigenvalue weighted by molar-refractivity contribution is 0.105. The highest BCUT2D eigenvalue weighted by Gasteiger charge is 2.32. The fourth-order valence-corrected chi connectivity index (χ4v) is 4.43. The van der Waals surface area contributed by atoms with E-state index in [0.29, 0.717) is 34.1 Å². The van der Waals surface area contributed by atoms with Gasteiger partial charge < -0.3 is 28.8 Å². The number of hydrogen-bond donors (Lipinski definition) is 1. The van der Waals surface area contributed by atoms with Gasteiger partial charge >= 0.3 is 0 Å². The first-order valence-electron chi connectivity index (χ1n) is 10.1. The van der Waals surface area contributed by atoms with Crippen molar-refractivity contribution in [1.82, 2.24) is 9.88 Å². The van der Waals surface area contributed by atoms with E-state index in [4.69, 9.17) is 18.9 Å². The molecule has 0 saturated carbocycles. The number of fused-ring (bicyclic) bond motifs is 3. The summed E-state index contributed by atoms with van der Waals surface area (Å²) < 4.78 is 22.4. The number of Topliss-reactive ketones (excluding diaryl/α,β-unsaturated/α-hetero) is 1. The first kappa shape index (κ1) is 19.4.